The Kier molecular flexibility index (Phi) is 2.93. The van der Waals surface area contributed by atoms with E-state index in [0.717, 1.165) is 6.04 Å². The molecule has 17 heavy (non-hydrogen) atoms. The van der Waals surface area contributed by atoms with Gasteiger partial charge in [0.1, 0.15) is 0 Å². The molecule has 2 unspecified atom stereocenters. The molecule has 0 amide bonds. The van der Waals surface area contributed by atoms with Gasteiger partial charge < -0.3 is 0 Å². The van der Waals surface area contributed by atoms with Crippen molar-refractivity contribution in [2.45, 2.75) is 31.8 Å². The maximum Gasteiger partial charge on any atom is 0.0503 e. The number of aryl methyl sites for hydroxylation is 1. The van der Waals surface area contributed by atoms with Crippen molar-refractivity contribution in [3.63, 3.8) is 0 Å². The Morgan fingerprint density at radius 2 is 1.94 bits per heavy atom. The Morgan fingerprint density at radius 1 is 1.12 bits per heavy atom. The molecule has 0 spiro atoms. The van der Waals surface area contributed by atoms with Crippen molar-refractivity contribution in [3.05, 3.63) is 35.4 Å². The first-order chi connectivity index (χ1) is 8.27. The SMILES string of the molecule is Cc1ccccc1C1C2CCCN2CCN1C. The van der Waals surface area contributed by atoms with Crippen LogP contribution in [0.5, 0.6) is 0 Å². The van der Waals surface area contributed by atoms with Gasteiger partial charge in [0.15, 0.2) is 0 Å². The molecular weight excluding hydrogens is 208 g/mol. The van der Waals surface area contributed by atoms with Crippen molar-refractivity contribution < 1.29 is 0 Å². The molecule has 0 radical (unpaired) electrons. The van der Waals surface area contributed by atoms with E-state index >= 15 is 0 Å². The summed E-state index contributed by atoms with van der Waals surface area (Å²) in [5, 5.41) is 0. The summed E-state index contributed by atoms with van der Waals surface area (Å²) >= 11 is 0. The normalized spacial score (nSPS) is 30.5. The Bertz CT molecular complexity index is 402. The Labute approximate surface area is 104 Å². The van der Waals surface area contributed by atoms with E-state index in [1.807, 2.05) is 0 Å². The summed E-state index contributed by atoms with van der Waals surface area (Å²) in [5.41, 5.74) is 2.98. The summed E-state index contributed by atoms with van der Waals surface area (Å²) < 4.78 is 0. The summed E-state index contributed by atoms with van der Waals surface area (Å²) in [6.07, 6.45) is 2.74. The van der Waals surface area contributed by atoms with Crippen LogP contribution in [0, 0.1) is 6.92 Å². The zero-order valence-electron chi connectivity index (χ0n) is 10.9. The van der Waals surface area contributed by atoms with Gasteiger partial charge in [0.05, 0.1) is 6.04 Å². The number of nitrogens with zero attached hydrogens (tertiary/aromatic N) is 2. The first kappa shape index (κ1) is 11.2. The number of fused-ring (bicyclic) bond motifs is 1. The van der Waals surface area contributed by atoms with Crippen molar-refractivity contribution in [1.82, 2.24) is 9.80 Å². The first-order valence-electron chi connectivity index (χ1n) is 6.77. The average Bonchev–Trinajstić information content (AvgIpc) is 2.79. The average molecular weight is 230 g/mol. The molecule has 2 atom stereocenters. The number of hydrogen-bond acceptors (Lipinski definition) is 2. The summed E-state index contributed by atoms with van der Waals surface area (Å²) in [5.74, 6) is 0. The van der Waals surface area contributed by atoms with Crippen LogP contribution < -0.4 is 0 Å². The van der Waals surface area contributed by atoms with Crippen LogP contribution in [0.15, 0.2) is 24.3 Å². The van der Waals surface area contributed by atoms with Gasteiger partial charge in [-0.25, -0.2) is 0 Å². The van der Waals surface area contributed by atoms with Gasteiger partial charge in [0.2, 0.25) is 0 Å². The van der Waals surface area contributed by atoms with Gasteiger partial charge in [-0.2, -0.15) is 0 Å². The minimum atomic E-state index is 0.604. The molecule has 0 aromatic heterocycles. The van der Waals surface area contributed by atoms with Gasteiger partial charge in [-0.05, 0) is 44.5 Å². The summed E-state index contributed by atoms with van der Waals surface area (Å²) in [6.45, 7) is 6.01. The second-order valence-electron chi connectivity index (χ2n) is 5.53. The zero-order valence-corrected chi connectivity index (χ0v) is 10.9. The van der Waals surface area contributed by atoms with E-state index in [1.54, 1.807) is 0 Å². The maximum absolute atomic E-state index is 2.69. The van der Waals surface area contributed by atoms with Crippen LogP contribution >= 0.6 is 0 Å². The third-order valence-corrected chi connectivity index (χ3v) is 4.50. The van der Waals surface area contributed by atoms with Crippen LogP contribution in [0.4, 0.5) is 0 Å². The Hall–Kier alpha value is -0.860. The van der Waals surface area contributed by atoms with Crippen LogP contribution in [-0.4, -0.2) is 42.5 Å². The molecule has 1 aromatic carbocycles. The van der Waals surface area contributed by atoms with Crippen molar-refractivity contribution >= 4 is 0 Å². The van der Waals surface area contributed by atoms with E-state index in [-0.39, 0.29) is 0 Å². The fraction of sp³-hybridized carbons (Fsp3) is 0.600. The maximum atomic E-state index is 2.69. The lowest BCUT2D eigenvalue weighted by molar-refractivity contribution is 0.0611. The number of hydrogen-bond donors (Lipinski definition) is 0. The lowest BCUT2D eigenvalue weighted by Gasteiger charge is -2.43. The Morgan fingerprint density at radius 3 is 2.76 bits per heavy atom. The second kappa shape index (κ2) is 4.43. The molecule has 2 saturated heterocycles. The van der Waals surface area contributed by atoms with Gasteiger partial charge in [0, 0.05) is 19.1 Å². The highest BCUT2D eigenvalue weighted by molar-refractivity contribution is 5.30. The molecule has 0 saturated carbocycles. The monoisotopic (exact) mass is 230 g/mol. The standard InChI is InChI=1S/C15H22N2/c1-12-6-3-4-7-13(12)15-14-8-5-9-17(14)11-10-16(15)2/h3-4,6-7,14-15H,5,8-11H2,1-2H3. The zero-order chi connectivity index (χ0) is 11.8. The smallest absolute Gasteiger partial charge is 0.0503 e. The van der Waals surface area contributed by atoms with Crippen molar-refractivity contribution in [2.75, 3.05) is 26.7 Å². The van der Waals surface area contributed by atoms with Crippen LogP contribution in [0.3, 0.4) is 0 Å². The quantitative estimate of drug-likeness (QED) is 0.731. The first-order valence-corrected chi connectivity index (χ1v) is 6.77. The number of benzene rings is 1. The highest BCUT2D eigenvalue weighted by Crippen LogP contribution is 2.37. The molecule has 2 heteroatoms. The van der Waals surface area contributed by atoms with Crippen LogP contribution in [0.1, 0.15) is 30.0 Å². The minimum Gasteiger partial charge on any atom is -0.297 e. The molecule has 0 bridgehead atoms. The number of piperazine rings is 1. The molecule has 2 heterocycles. The topological polar surface area (TPSA) is 6.48 Å². The van der Waals surface area contributed by atoms with E-state index in [4.69, 9.17) is 0 Å². The van der Waals surface area contributed by atoms with E-state index in [1.165, 1.54) is 43.6 Å². The van der Waals surface area contributed by atoms with Crippen LogP contribution in [-0.2, 0) is 0 Å². The fourth-order valence-electron chi connectivity index (χ4n) is 3.57. The minimum absolute atomic E-state index is 0.604. The number of likely N-dealkylation sites (N-methyl/N-ethyl adjacent to an activating group) is 1. The summed E-state index contributed by atoms with van der Waals surface area (Å²) in [4.78, 5) is 5.24. The third-order valence-electron chi connectivity index (χ3n) is 4.50. The molecule has 2 fully saturated rings. The predicted octanol–water partition coefficient (Wildman–Crippen LogP) is 2.45. The van der Waals surface area contributed by atoms with E-state index in [2.05, 4.69) is 48.0 Å². The second-order valence-corrected chi connectivity index (χ2v) is 5.53. The highest BCUT2D eigenvalue weighted by atomic mass is 15.3. The van der Waals surface area contributed by atoms with Crippen LogP contribution in [0.2, 0.25) is 0 Å². The van der Waals surface area contributed by atoms with E-state index < -0.39 is 0 Å². The summed E-state index contributed by atoms with van der Waals surface area (Å²) in [6, 6.07) is 10.2. The van der Waals surface area contributed by atoms with Crippen molar-refractivity contribution in [1.29, 1.82) is 0 Å². The van der Waals surface area contributed by atoms with Gasteiger partial charge >= 0.3 is 0 Å². The predicted molar refractivity (Wildman–Crippen MR) is 71.1 cm³/mol. The van der Waals surface area contributed by atoms with E-state index in [0.29, 0.717) is 6.04 Å². The van der Waals surface area contributed by atoms with Gasteiger partial charge in [0.25, 0.3) is 0 Å². The molecule has 1 aromatic rings. The lowest BCUT2D eigenvalue weighted by Crippen LogP contribution is -2.50. The van der Waals surface area contributed by atoms with Gasteiger partial charge in [-0.3, -0.25) is 9.80 Å². The van der Waals surface area contributed by atoms with Crippen molar-refractivity contribution in [3.8, 4) is 0 Å². The molecule has 2 nitrogen and oxygen atoms in total. The highest BCUT2D eigenvalue weighted by Gasteiger charge is 2.38. The molecule has 0 aliphatic carbocycles. The van der Waals surface area contributed by atoms with Gasteiger partial charge in [-0.15, -0.1) is 0 Å². The molecular formula is C15H22N2. The largest absolute Gasteiger partial charge is 0.297 e. The summed E-state index contributed by atoms with van der Waals surface area (Å²) in [7, 11) is 2.28. The van der Waals surface area contributed by atoms with Crippen molar-refractivity contribution in [2.24, 2.45) is 0 Å². The Balaban J connectivity index is 1.96. The number of rotatable bonds is 1. The molecule has 2 aliphatic rings. The van der Waals surface area contributed by atoms with Crippen LogP contribution in [0.25, 0.3) is 0 Å². The fourth-order valence-corrected chi connectivity index (χ4v) is 3.57. The lowest BCUT2D eigenvalue weighted by atomic mass is 9.91. The third kappa shape index (κ3) is 1.90. The molecule has 2 aliphatic heterocycles. The van der Waals surface area contributed by atoms with E-state index in [9.17, 15) is 0 Å². The van der Waals surface area contributed by atoms with Gasteiger partial charge in [-0.1, -0.05) is 24.3 Å². The molecule has 3 rings (SSSR count). The molecule has 0 N–H and O–H groups in total. The molecule has 92 valence electrons.